The zero-order chi connectivity index (χ0) is 43.6. The number of phosphoric acid groups is 1. The molecule has 0 aliphatic rings. The number of likely N-dealkylation sites (N-methyl/N-ethyl adjacent to an activating group) is 1. The molecular weight excluding hydrogens is 756 g/mol. The smallest absolute Gasteiger partial charge is 0.387 e. The number of carbonyl (C=O) groups is 1. The van der Waals surface area contributed by atoms with Crippen LogP contribution in [0, 0.1) is 0 Å². The predicted octanol–water partition coefficient (Wildman–Crippen LogP) is 14.3. The minimum Gasteiger partial charge on any atom is -0.387 e. The number of aliphatic hydroxyl groups excluding tert-OH is 1. The molecule has 0 bridgehead atoms. The predicted molar refractivity (Wildman–Crippen MR) is 254 cm³/mol. The van der Waals surface area contributed by atoms with Crippen molar-refractivity contribution < 1.29 is 32.9 Å². The summed E-state index contributed by atoms with van der Waals surface area (Å²) >= 11 is 0. The summed E-state index contributed by atoms with van der Waals surface area (Å²) in [6, 6.07) is -0.861. The molecule has 1 amide bonds. The molecule has 1 unspecified atom stereocenters. The fourth-order valence-corrected chi connectivity index (χ4v) is 7.85. The maximum atomic E-state index is 12.9. The van der Waals surface area contributed by atoms with Crippen molar-refractivity contribution in [2.45, 2.75) is 238 Å². The highest BCUT2D eigenvalue weighted by Gasteiger charge is 2.27. The highest BCUT2D eigenvalue weighted by atomic mass is 31.2. The first-order chi connectivity index (χ1) is 28.5. The van der Waals surface area contributed by atoms with Gasteiger partial charge in [0.15, 0.2) is 0 Å². The van der Waals surface area contributed by atoms with E-state index in [4.69, 9.17) is 9.05 Å². The van der Waals surface area contributed by atoms with E-state index >= 15 is 0 Å². The first kappa shape index (κ1) is 57.7. The number of nitrogens with zero attached hydrogens (tertiary/aromatic N) is 1. The van der Waals surface area contributed by atoms with E-state index in [1.807, 2.05) is 27.2 Å². The quantitative estimate of drug-likeness (QED) is 0.0244. The summed E-state index contributed by atoms with van der Waals surface area (Å²) < 4.78 is 23.6. The van der Waals surface area contributed by atoms with Crippen LogP contribution in [0.15, 0.2) is 36.5 Å². The van der Waals surface area contributed by atoms with Crippen molar-refractivity contribution in [3.05, 3.63) is 36.5 Å². The molecule has 0 aliphatic carbocycles. The summed E-state index contributed by atoms with van der Waals surface area (Å²) in [4.78, 5) is 23.2. The molecule has 0 aromatic carbocycles. The Hall–Kier alpha value is -1.28. The number of hydrogen-bond donors (Lipinski definition) is 3. The van der Waals surface area contributed by atoms with E-state index in [0.29, 0.717) is 17.4 Å². The van der Waals surface area contributed by atoms with E-state index in [2.05, 4.69) is 43.5 Å². The van der Waals surface area contributed by atoms with Gasteiger partial charge in [0.2, 0.25) is 5.91 Å². The van der Waals surface area contributed by atoms with Crippen LogP contribution in [0.25, 0.3) is 0 Å². The second kappa shape index (κ2) is 42.0. The fourth-order valence-electron chi connectivity index (χ4n) is 7.11. The van der Waals surface area contributed by atoms with Crippen molar-refractivity contribution in [3.63, 3.8) is 0 Å². The number of rotatable bonds is 45. The lowest BCUT2D eigenvalue weighted by Gasteiger charge is -2.25. The number of quaternary nitrogens is 1. The molecular formula is C50H98N2O6P+. The lowest BCUT2D eigenvalue weighted by Crippen LogP contribution is -2.45. The Bertz CT molecular complexity index is 1060. The normalized spacial score (nSPS) is 14.5. The molecule has 59 heavy (non-hydrogen) atoms. The number of carbonyl (C=O) groups excluding carboxylic acids is 1. The molecule has 0 saturated heterocycles. The fraction of sp³-hybridized carbons (Fsp3) is 0.860. The van der Waals surface area contributed by atoms with Crippen LogP contribution in [0.3, 0.4) is 0 Å². The molecule has 0 radical (unpaired) electrons. The Kier molecular flexibility index (Phi) is 41.1. The average Bonchev–Trinajstić information content (AvgIpc) is 3.19. The van der Waals surface area contributed by atoms with Gasteiger partial charge in [-0.3, -0.25) is 13.8 Å². The van der Waals surface area contributed by atoms with E-state index in [-0.39, 0.29) is 19.1 Å². The molecule has 3 N–H and O–H groups in total. The highest BCUT2D eigenvalue weighted by molar-refractivity contribution is 7.47. The molecule has 3 atom stereocenters. The second-order valence-electron chi connectivity index (χ2n) is 18.2. The number of phosphoric ester groups is 1. The van der Waals surface area contributed by atoms with Crippen molar-refractivity contribution in [2.75, 3.05) is 40.9 Å². The number of hydrogen-bond acceptors (Lipinski definition) is 5. The molecule has 0 aromatic heterocycles. The molecule has 0 aromatic rings. The van der Waals surface area contributed by atoms with Gasteiger partial charge in [-0.15, -0.1) is 0 Å². The third-order valence-corrected chi connectivity index (χ3v) is 12.1. The molecule has 0 rings (SSSR count). The van der Waals surface area contributed by atoms with Crippen LogP contribution >= 0.6 is 7.82 Å². The monoisotopic (exact) mass is 854 g/mol. The maximum Gasteiger partial charge on any atom is 0.472 e. The van der Waals surface area contributed by atoms with E-state index < -0.39 is 20.0 Å². The van der Waals surface area contributed by atoms with Gasteiger partial charge in [-0.1, -0.05) is 198 Å². The Morgan fingerprint density at radius 2 is 0.932 bits per heavy atom. The largest absolute Gasteiger partial charge is 0.472 e. The molecule has 0 spiro atoms. The first-order valence-corrected chi connectivity index (χ1v) is 26.4. The van der Waals surface area contributed by atoms with Crippen molar-refractivity contribution in [1.82, 2.24) is 5.32 Å². The van der Waals surface area contributed by atoms with Gasteiger partial charge in [0.1, 0.15) is 13.2 Å². The van der Waals surface area contributed by atoms with Gasteiger partial charge >= 0.3 is 7.82 Å². The Labute approximate surface area is 366 Å². The van der Waals surface area contributed by atoms with E-state index in [0.717, 1.165) is 38.5 Å². The molecule has 0 heterocycles. The summed E-state index contributed by atoms with van der Waals surface area (Å²) in [5.74, 6) is -0.186. The van der Waals surface area contributed by atoms with Gasteiger partial charge in [0, 0.05) is 6.42 Å². The molecule has 0 aliphatic heterocycles. The summed E-state index contributed by atoms with van der Waals surface area (Å²) in [7, 11) is 1.56. The SMILES string of the molecule is CCCCCCCC/C=C/CCCCCCCCCCCCCCCC(=O)N[C@@H](COP(=O)(O)OCC[N+](C)(C)C)[C@H](O)/C=C/CC/C=C/CCCCCCCCCC. The number of allylic oxidation sites excluding steroid dienone is 5. The zero-order valence-corrected chi connectivity index (χ0v) is 40.4. The Morgan fingerprint density at radius 3 is 1.36 bits per heavy atom. The third kappa shape index (κ3) is 44.6. The van der Waals surface area contributed by atoms with Crippen LogP contribution in [-0.4, -0.2) is 73.4 Å². The lowest BCUT2D eigenvalue weighted by molar-refractivity contribution is -0.870. The first-order valence-electron chi connectivity index (χ1n) is 24.9. The number of amides is 1. The topological polar surface area (TPSA) is 105 Å². The minimum atomic E-state index is -4.35. The number of aliphatic hydroxyl groups is 1. The molecule has 0 saturated carbocycles. The summed E-state index contributed by atoms with van der Waals surface area (Å²) in [5.41, 5.74) is 0. The van der Waals surface area contributed by atoms with Crippen LogP contribution in [-0.2, 0) is 18.4 Å². The standard InChI is InChI=1S/C50H97N2O6P/c1-6-8-10-12-14-16-18-20-22-23-24-25-26-27-28-29-30-32-34-36-38-40-42-44-50(54)51-48(47-58-59(55,56)57-46-45-52(3,4)5)49(53)43-41-39-37-35-33-31-21-19-17-15-13-11-9-7-2/h20,22,33,35,41,43,48-49,53H,6-19,21,23-32,34,36-40,42,44-47H2,1-5H3,(H-,51,54,55,56)/p+1/b22-20+,35-33+,43-41+/t48-,49+/m0/s1. The van der Waals surface area contributed by atoms with Gasteiger partial charge in [-0.05, 0) is 57.8 Å². The molecule has 0 fully saturated rings. The Morgan fingerprint density at radius 1 is 0.559 bits per heavy atom. The van der Waals surface area contributed by atoms with Crippen molar-refractivity contribution in [2.24, 2.45) is 0 Å². The minimum absolute atomic E-state index is 0.0567. The average molecular weight is 854 g/mol. The van der Waals surface area contributed by atoms with Gasteiger partial charge < -0.3 is 19.8 Å². The van der Waals surface area contributed by atoms with Crippen LogP contribution in [0.5, 0.6) is 0 Å². The maximum absolute atomic E-state index is 12.9. The van der Waals surface area contributed by atoms with Crippen LogP contribution in [0.4, 0.5) is 0 Å². The second-order valence-corrected chi connectivity index (χ2v) is 19.6. The van der Waals surface area contributed by atoms with E-state index in [9.17, 15) is 19.4 Å². The van der Waals surface area contributed by atoms with Crippen molar-refractivity contribution in [1.29, 1.82) is 0 Å². The number of unbranched alkanes of at least 4 members (excludes halogenated alkanes) is 28. The lowest BCUT2D eigenvalue weighted by atomic mass is 10.0. The van der Waals surface area contributed by atoms with Crippen LogP contribution in [0.2, 0.25) is 0 Å². The van der Waals surface area contributed by atoms with Gasteiger partial charge in [0.05, 0.1) is 39.9 Å². The van der Waals surface area contributed by atoms with Crippen molar-refractivity contribution >= 4 is 13.7 Å². The zero-order valence-electron chi connectivity index (χ0n) is 39.5. The van der Waals surface area contributed by atoms with E-state index in [1.165, 1.54) is 167 Å². The molecule has 8 nitrogen and oxygen atoms in total. The third-order valence-electron chi connectivity index (χ3n) is 11.1. The van der Waals surface area contributed by atoms with Gasteiger partial charge in [-0.25, -0.2) is 4.57 Å². The van der Waals surface area contributed by atoms with Gasteiger partial charge in [-0.2, -0.15) is 0 Å². The van der Waals surface area contributed by atoms with E-state index in [1.54, 1.807) is 6.08 Å². The highest BCUT2D eigenvalue weighted by Crippen LogP contribution is 2.43. The van der Waals surface area contributed by atoms with Crippen molar-refractivity contribution in [3.8, 4) is 0 Å². The van der Waals surface area contributed by atoms with Gasteiger partial charge in [0.25, 0.3) is 0 Å². The Balaban J connectivity index is 4.28. The summed E-state index contributed by atoms with van der Waals surface area (Å²) in [6.45, 7) is 4.79. The summed E-state index contributed by atoms with van der Waals surface area (Å²) in [6.07, 6.45) is 52.3. The summed E-state index contributed by atoms with van der Waals surface area (Å²) in [5, 5.41) is 13.8. The van der Waals surface area contributed by atoms with Crippen LogP contribution < -0.4 is 5.32 Å². The number of nitrogens with one attached hydrogen (secondary N) is 1. The molecule has 348 valence electrons. The molecule has 9 heteroatoms. The van der Waals surface area contributed by atoms with Crippen LogP contribution in [0.1, 0.15) is 226 Å².